The van der Waals surface area contributed by atoms with Crippen LogP contribution in [0.3, 0.4) is 0 Å². The second-order valence-corrected chi connectivity index (χ2v) is 5.41. The minimum Gasteiger partial charge on any atom is -0.383 e. The molecule has 0 saturated heterocycles. The van der Waals surface area contributed by atoms with Gasteiger partial charge in [0.1, 0.15) is 0 Å². The normalized spacial score (nSPS) is 20.7. The molecular weight excluding hydrogens is 276 g/mol. The predicted octanol–water partition coefficient (Wildman–Crippen LogP) is 1.80. The molecule has 2 atom stereocenters. The van der Waals surface area contributed by atoms with Crippen molar-refractivity contribution >= 4 is 17.5 Å². The lowest BCUT2D eigenvalue weighted by Crippen LogP contribution is -2.34. The SMILES string of the molecule is COCCNCCNC(=O)C1CC1c1ccccc1Cl. The second kappa shape index (κ2) is 7.62. The molecule has 0 aliphatic heterocycles. The molecule has 4 nitrogen and oxygen atoms in total. The maximum Gasteiger partial charge on any atom is 0.223 e. The first-order valence-corrected chi connectivity index (χ1v) is 7.33. The van der Waals surface area contributed by atoms with Gasteiger partial charge >= 0.3 is 0 Å². The van der Waals surface area contributed by atoms with Gasteiger partial charge in [0, 0.05) is 37.7 Å². The first-order chi connectivity index (χ1) is 9.74. The average Bonchev–Trinajstić information content (AvgIpc) is 3.23. The van der Waals surface area contributed by atoms with E-state index in [0.29, 0.717) is 13.2 Å². The maximum absolute atomic E-state index is 12.0. The van der Waals surface area contributed by atoms with Crippen molar-refractivity contribution in [2.75, 3.05) is 33.4 Å². The van der Waals surface area contributed by atoms with E-state index in [1.807, 2.05) is 24.3 Å². The fourth-order valence-electron chi connectivity index (χ4n) is 2.31. The molecule has 1 saturated carbocycles. The number of nitrogens with one attached hydrogen (secondary N) is 2. The topological polar surface area (TPSA) is 50.4 Å². The number of hydrogen-bond acceptors (Lipinski definition) is 3. The number of rotatable bonds is 8. The molecule has 1 fully saturated rings. The van der Waals surface area contributed by atoms with Gasteiger partial charge < -0.3 is 15.4 Å². The van der Waals surface area contributed by atoms with E-state index in [9.17, 15) is 4.79 Å². The molecule has 0 spiro atoms. The Bertz CT molecular complexity index is 453. The van der Waals surface area contributed by atoms with Gasteiger partial charge in [0.15, 0.2) is 0 Å². The zero-order chi connectivity index (χ0) is 14.4. The van der Waals surface area contributed by atoms with Crippen LogP contribution >= 0.6 is 11.6 Å². The van der Waals surface area contributed by atoms with Gasteiger partial charge in [-0.2, -0.15) is 0 Å². The Morgan fingerprint density at radius 2 is 2.15 bits per heavy atom. The number of hydrogen-bond donors (Lipinski definition) is 2. The third-order valence-corrected chi connectivity index (χ3v) is 3.86. The van der Waals surface area contributed by atoms with Crippen LogP contribution in [0, 0.1) is 5.92 Å². The fourth-order valence-corrected chi connectivity index (χ4v) is 2.58. The Hall–Kier alpha value is -1.10. The highest BCUT2D eigenvalue weighted by molar-refractivity contribution is 6.31. The van der Waals surface area contributed by atoms with Crippen molar-refractivity contribution in [2.45, 2.75) is 12.3 Å². The van der Waals surface area contributed by atoms with E-state index in [2.05, 4.69) is 10.6 Å². The highest BCUT2D eigenvalue weighted by Crippen LogP contribution is 2.49. The van der Waals surface area contributed by atoms with Crippen molar-refractivity contribution in [3.63, 3.8) is 0 Å². The molecule has 2 rings (SSSR count). The van der Waals surface area contributed by atoms with Crippen LogP contribution in [-0.4, -0.2) is 39.3 Å². The van der Waals surface area contributed by atoms with E-state index >= 15 is 0 Å². The maximum atomic E-state index is 12.0. The molecule has 1 amide bonds. The number of benzene rings is 1. The molecule has 1 aromatic carbocycles. The van der Waals surface area contributed by atoms with Crippen LogP contribution in [0.25, 0.3) is 0 Å². The van der Waals surface area contributed by atoms with Crippen LogP contribution < -0.4 is 10.6 Å². The standard InChI is InChI=1S/C15H21ClN2O2/c1-20-9-8-17-6-7-18-15(19)13-10-12(13)11-4-2-3-5-14(11)16/h2-5,12-13,17H,6-10H2,1H3,(H,18,19). The predicted molar refractivity (Wildman–Crippen MR) is 80.1 cm³/mol. The Labute approximate surface area is 124 Å². The average molecular weight is 297 g/mol. The second-order valence-electron chi connectivity index (χ2n) is 5.00. The number of amides is 1. The van der Waals surface area contributed by atoms with E-state index in [0.717, 1.165) is 30.1 Å². The van der Waals surface area contributed by atoms with E-state index in [1.165, 1.54) is 0 Å². The van der Waals surface area contributed by atoms with Gasteiger partial charge in [0.05, 0.1) is 6.61 Å². The summed E-state index contributed by atoms with van der Waals surface area (Å²) in [6.45, 7) is 2.90. The quantitative estimate of drug-likeness (QED) is 0.719. The summed E-state index contributed by atoms with van der Waals surface area (Å²) >= 11 is 6.15. The molecule has 2 N–H and O–H groups in total. The zero-order valence-electron chi connectivity index (χ0n) is 11.7. The Balaban J connectivity index is 1.67. The molecular formula is C15H21ClN2O2. The zero-order valence-corrected chi connectivity index (χ0v) is 12.5. The van der Waals surface area contributed by atoms with Gasteiger partial charge in [-0.15, -0.1) is 0 Å². The first-order valence-electron chi connectivity index (χ1n) is 6.96. The van der Waals surface area contributed by atoms with Gasteiger partial charge in [-0.25, -0.2) is 0 Å². The highest BCUT2D eigenvalue weighted by atomic mass is 35.5. The van der Waals surface area contributed by atoms with Crippen LogP contribution in [0.4, 0.5) is 0 Å². The van der Waals surface area contributed by atoms with Crippen molar-refractivity contribution in [1.29, 1.82) is 0 Å². The highest BCUT2D eigenvalue weighted by Gasteiger charge is 2.44. The molecule has 1 aliphatic carbocycles. The summed E-state index contributed by atoms with van der Waals surface area (Å²) in [6.07, 6.45) is 0.896. The van der Waals surface area contributed by atoms with Gasteiger partial charge in [-0.05, 0) is 24.0 Å². The Kier molecular flexibility index (Phi) is 5.83. The Morgan fingerprint density at radius 1 is 1.35 bits per heavy atom. The lowest BCUT2D eigenvalue weighted by molar-refractivity contribution is -0.122. The molecule has 0 heterocycles. The van der Waals surface area contributed by atoms with E-state index < -0.39 is 0 Å². The largest absolute Gasteiger partial charge is 0.383 e. The van der Waals surface area contributed by atoms with E-state index in [4.69, 9.17) is 16.3 Å². The fraction of sp³-hybridized carbons (Fsp3) is 0.533. The van der Waals surface area contributed by atoms with Crippen molar-refractivity contribution < 1.29 is 9.53 Å². The number of methoxy groups -OCH3 is 1. The molecule has 0 bridgehead atoms. The summed E-state index contributed by atoms with van der Waals surface area (Å²) in [7, 11) is 1.67. The molecule has 1 aliphatic rings. The summed E-state index contributed by atoms with van der Waals surface area (Å²) < 4.78 is 4.93. The van der Waals surface area contributed by atoms with Gasteiger partial charge in [0.2, 0.25) is 5.91 Å². The molecule has 1 aromatic rings. The van der Waals surface area contributed by atoms with E-state index in [-0.39, 0.29) is 17.7 Å². The van der Waals surface area contributed by atoms with Crippen LogP contribution in [0.15, 0.2) is 24.3 Å². The van der Waals surface area contributed by atoms with Gasteiger partial charge in [-0.3, -0.25) is 4.79 Å². The van der Waals surface area contributed by atoms with Crippen LogP contribution in [-0.2, 0) is 9.53 Å². The molecule has 20 heavy (non-hydrogen) atoms. The van der Waals surface area contributed by atoms with Gasteiger partial charge in [0.25, 0.3) is 0 Å². The lowest BCUT2D eigenvalue weighted by atomic mass is 10.1. The number of carbonyl (C=O) groups excluding carboxylic acids is 1. The molecule has 0 radical (unpaired) electrons. The van der Waals surface area contributed by atoms with Crippen LogP contribution in [0.1, 0.15) is 17.9 Å². The third kappa shape index (κ3) is 4.20. The molecule has 5 heteroatoms. The van der Waals surface area contributed by atoms with Crippen molar-refractivity contribution in [3.8, 4) is 0 Å². The molecule has 110 valence electrons. The smallest absolute Gasteiger partial charge is 0.223 e. The molecule has 0 aromatic heterocycles. The van der Waals surface area contributed by atoms with E-state index in [1.54, 1.807) is 7.11 Å². The summed E-state index contributed by atoms with van der Waals surface area (Å²) in [6, 6.07) is 7.76. The first kappa shape index (κ1) is 15.3. The number of ether oxygens (including phenoxy) is 1. The molecule has 2 unspecified atom stereocenters. The monoisotopic (exact) mass is 296 g/mol. The minimum absolute atomic E-state index is 0.0777. The summed E-state index contributed by atoms with van der Waals surface area (Å²) in [5, 5.41) is 6.91. The summed E-state index contributed by atoms with van der Waals surface area (Å²) in [4.78, 5) is 12.0. The summed E-state index contributed by atoms with van der Waals surface area (Å²) in [5.41, 5.74) is 1.09. The Morgan fingerprint density at radius 3 is 2.90 bits per heavy atom. The van der Waals surface area contributed by atoms with Gasteiger partial charge in [-0.1, -0.05) is 29.8 Å². The van der Waals surface area contributed by atoms with Crippen LogP contribution in [0.2, 0.25) is 5.02 Å². The van der Waals surface area contributed by atoms with Crippen molar-refractivity contribution in [2.24, 2.45) is 5.92 Å². The third-order valence-electron chi connectivity index (χ3n) is 3.52. The minimum atomic E-state index is 0.0777. The van der Waals surface area contributed by atoms with Crippen molar-refractivity contribution in [3.05, 3.63) is 34.9 Å². The summed E-state index contributed by atoms with van der Waals surface area (Å²) in [5.74, 6) is 0.488. The number of halogens is 1. The number of carbonyl (C=O) groups is 1. The van der Waals surface area contributed by atoms with Crippen molar-refractivity contribution in [1.82, 2.24) is 10.6 Å². The van der Waals surface area contributed by atoms with Crippen LogP contribution in [0.5, 0.6) is 0 Å². The lowest BCUT2D eigenvalue weighted by Gasteiger charge is -2.07.